The molecule has 0 radical (unpaired) electrons. The van der Waals surface area contributed by atoms with E-state index in [1.54, 1.807) is 48.5 Å². The molecule has 2 aromatic carbocycles. The lowest BCUT2D eigenvalue weighted by molar-refractivity contribution is -0.152. The molecule has 10 heteroatoms. The average Bonchev–Trinajstić information content (AvgIpc) is 3.04. The lowest BCUT2D eigenvalue weighted by atomic mass is 10.1. The van der Waals surface area contributed by atoms with Gasteiger partial charge in [-0.25, -0.2) is 9.59 Å². The van der Waals surface area contributed by atoms with Gasteiger partial charge in [0.05, 0.1) is 17.7 Å². The van der Waals surface area contributed by atoms with Crippen molar-refractivity contribution in [1.29, 1.82) is 0 Å². The fourth-order valence-corrected chi connectivity index (χ4v) is 3.38. The van der Waals surface area contributed by atoms with Gasteiger partial charge in [-0.15, -0.1) is 0 Å². The number of fused-ring (bicyclic) bond motifs is 1. The summed E-state index contributed by atoms with van der Waals surface area (Å²) in [5, 5.41) is 19.7. The maximum Gasteiger partial charge on any atom is 0.394 e. The van der Waals surface area contributed by atoms with Crippen molar-refractivity contribution < 1.29 is 38.9 Å². The van der Waals surface area contributed by atoms with Crippen molar-refractivity contribution in [2.45, 2.75) is 25.3 Å². The van der Waals surface area contributed by atoms with Crippen LogP contribution < -0.4 is 10.1 Å². The van der Waals surface area contributed by atoms with Crippen molar-refractivity contribution in [3.8, 4) is 5.75 Å². The Kier molecular flexibility index (Phi) is 7.39. The third-order valence-corrected chi connectivity index (χ3v) is 5.08. The molecule has 1 heterocycles. The first-order valence-electron chi connectivity index (χ1n) is 10.2. The molecule has 0 saturated heterocycles. The first kappa shape index (κ1) is 23.5. The predicted octanol–water partition coefficient (Wildman–Crippen LogP) is 1.34. The molecule has 2 aromatic rings. The van der Waals surface area contributed by atoms with Crippen LogP contribution in [0.5, 0.6) is 5.75 Å². The van der Waals surface area contributed by atoms with Crippen LogP contribution in [0.2, 0.25) is 0 Å². The number of carboxylic acid groups (broad SMARTS) is 2. The minimum absolute atomic E-state index is 0.0884. The topological polar surface area (TPSA) is 150 Å². The second-order valence-corrected chi connectivity index (χ2v) is 7.38. The normalized spacial score (nSPS) is 13.4. The van der Waals surface area contributed by atoms with E-state index in [1.807, 2.05) is 5.32 Å². The van der Waals surface area contributed by atoms with Gasteiger partial charge >= 0.3 is 17.8 Å². The lowest BCUT2D eigenvalue weighted by Gasteiger charge is -2.14. The number of amides is 3. The molecular formula is C23H22N2O8. The molecule has 0 fully saturated rings. The number of unbranched alkanes of at least 4 members (excludes halogenated alkanes) is 1. The van der Waals surface area contributed by atoms with Crippen molar-refractivity contribution in [3.05, 3.63) is 65.2 Å². The molecule has 3 N–H and O–H groups in total. The van der Waals surface area contributed by atoms with Crippen molar-refractivity contribution in [3.63, 3.8) is 0 Å². The first-order chi connectivity index (χ1) is 15.8. The van der Waals surface area contributed by atoms with E-state index >= 15 is 0 Å². The van der Waals surface area contributed by atoms with E-state index in [0.29, 0.717) is 48.4 Å². The highest BCUT2D eigenvalue weighted by molar-refractivity contribution is 6.31. The number of hydrogen-bond donors (Lipinski definition) is 3. The summed E-state index contributed by atoms with van der Waals surface area (Å²) < 4.78 is 5.64. The molecule has 33 heavy (non-hydrogen) atoms. The molecule has 1 aliphatic rings. The van der Waals surface area contributed by atoms with Gasteiger partial charge in [-0.3, -0.25) is 19.3 Å². The zero-order valence-corrected chi connectivity index (χ0v) is 17.5. The second kappa shape index (κ2) is 10.4. The molecule has 0 bridgehead atoms. The van der Waals surface area contributed by atoms with Crippen LogP contribution in [0.3, 0.4) is 0 Å². The van der Waals surface area contributed by atoms with Crippen LogP contribution >= 0.6 is 0 Å². The number of imide groups is 1. The Morgan fingerprint density at radius 3 is 2.06 bits per heavy atom. The number of hydrogen-bond acceptors (Lipinski definition) is 6. The van der Waals surface area contributed by atoms with Crippen molar-refractivity contribution in [2.24, 2.45) is 0 Å². The summed E-state index contributed by atoms with van der Waals surface area (Å²) in [6.07, 6.45) is 1.10. The molecule has 10 nitrogen and oxygen atoms in total. The maximum atomic E-state index is 12.3. The fraction of sp³-hybridized carbons (Fsp3) is 0.261. The summed E-state index contributed by atoms with van der Waals surface area (Å²) in [6, 6.07) is 11.9. The SMILES string of the molecule is O=C(O)C(=O)N[C@H](Cc1ccc(OCCCCN2C(=O)c3ccccc3C2=O)cc1)C(=O)O. The van der Waals surface area contributed by atoms with Crippen LogP contribution in [-0.4, -0.2) is 64.0 Å². The van der Waals surface area contributed by atoms with Crippen molar-refractivity contribution >= 4 is 29.7 Å². The Balaban J connectivity index is 1.42. The minimum Gasteiger partial charge on any atom is -0.494 e. The molecule has 3 amide bonds. The van der Waals surface area contributed by atoms with E-state index in [2.05, 4.69) is 0 Å². The van der Waals surface area contributed by atoms with E-state index < -0.39 is 23.9 Å². The molecule has 0 saturated carbocycles. The zero-order valence-electron chi connectivity index (χ0n) is 17.5. The summed E-state index contributed by atoms with van der Waals surface area (Å²) in [5.41, 5.74) is 1.42. The number of carbonyl (C=O) groups excluding carboxylic acids is 3. The fourth-order valence-electron chi connectivity index (χ4n) is 3.38. The number of carbonyl (C=O) groups is 5. The number of carboxylic acids is 2. The van der Waals surface area contributed by atoms with Gasteiger partial charge in [0.1, 0.15) is 11.8 Å². The molecule has 0 aliphatic carbocycles. The number of nitrogens with one attached hydrogen (secondary N) is 1. The monoisotopic (exact) mass is 454 g/mol. The molecule has 3 rings (SSSR count). The maximum absolute atomic E-state index is 12.3. The van der Waals surface area contributed by atoms with Gasteiger partial charge in [0.15, 0.2) is 0 Å². The molecule has 1 aliphatic heterocycles. The lowest BCUT2D eigenvalue weighted by Crippen LogP contribution is -2.45. The summed E-state index contributed by atoms with van der Waals surface area (Å²) >= 11 is 0. The summed E-state index contributed by atoms with van der Waals surface area (Å²) in [4.78, 5) is 59.0. The average molecular weight is 454 g/mol. The van der Waals surface area contributed by atoms with E-state index in [1.165, 1.54) is 4.90 Å². The standard InChI is InChI=1S/C23H22N2O8/c26-19(23(31)32)24-18(22(29)30)13-14-7-9-15(10-8-14)33-12-4-3-11-25-20(27)16-5-1-2-6-17(16)21(25)28/h1-2,5-10,18H,3-4,11-13H2,(H,24,26)(H,29,30)(H,31,32)/t18-/m1/s1. The molecule has 172 valence electrons. The zero-order chi connectivity index (χ0) is 24.0. The number of rotatable bonds is 10. The minimum atomic E-state index is -1.76. The highest BCUT2D eigenvalue weighted by Gasteiger charge is 2.34. The number of benzene rings is 2. The Bertz CT molecular complexity index is 1050. The molecule has 0 aromatic heterocycles. The highest BCUT2D eigenvalue weighted by Crippen LogP contribution is 2.22. The molecule has 1 atom stereocenters. The number of aliphatic carboxylic acids is 2. The summed E-state index contributed by atoms with van der Waals surface area (Å²) in [6.45, 7) is 0.655. The highest BCUT2D eigenvalue weighted by atomic mass is 16.5. The Morgan fingerprint density at radius 2 is 1.52 bits per heavy atom. The van der Waals surface area contributed by atoms with Crippen molar-refractivity contribution in [2.75, 3.05) is 13.2 Å². The third kappa shape index (κ3) is 5.73. The van der Waals surface area contributed by atoms with Crippen LogP contribution in [0.4, 0.5) is 0 Å². The number of nitrogens with zero attached hydrogens (tertiary/aromatic N) is 1. The van der Waals surface area contributed by atoms with Crippen LogP contribution in [0.15, 0.2) is 48.5 Å². The van der Waals surface area contributed by atoms with Gasteiger partial charge in [0.25, 0.3) is 11.8 Å². The van der Waals surface area contributed by atoms with Gasteiger partial charge < -0.3 is 20.3 Å². The molecular weight excluding hydrogens is 432 g/mol. The van der Waals surface area contributed by atoms with E-state index in [0.717, 1.165) is 0 Å². The van der Waals surface area contributed by atoms with Crippen LogP contribution in [-0.2, 0) is 20.8 Å². The van der Waals surface area contributed by atoms with Gasteiger partial charge in [-0.1, -0.05) is 24.3 Å². The van der Waals surface area contributed by atoms with Crippen molar-refractivity contribution in [1.82, 2.24) is 10.2 Å². The second-order valence-electron chi connectivity index (χ2n) is 7.38. The van der Waals surface area contributed by atoms with Crippen LogP contribution in [0.25, 0.3) is 0 Å². The quantitative estimate of drug-likeness (QED) is 0.276. The van der Waals surface area contributed by atoms with E-state index in [4.69, 9.17) is 9.84 Å². The summed E-state index contributed by atoms with van der Waals surface area (Å²) in [5.74, 6) is -4.52. The largest absolute Gasteiger partial charge is 0.494 e. The van der Waals surface area contributed by atoms with Gasteiger partial charge in [0.2, 0.25) is 0 Å². The van der Waals surface area contributed by atoms with Gasteiger partial charge in [0, 0.05) is 13.0 Å². The van der Waals surface area contributed by atoms with Gasteiger partial charge in [-0.05, 0) is 42.7 Å². The van der Waals surface area contributed by atoms with E-state index in [9.17, 15) is 29.1 Å². The number of ether oxygens (including phenoxy) is 1. The smallest absolute Gasteiger partial charge is 0.394 e. The Morgan fingerprint density at radius 1 is 0.909 bits per heavy atom. The molecule has 0 unspecified atom stereocenters. The Labute approximate surface area is 188 Å². The van der Waals surface area contributed by atoms with E-state index in [-0.39, 0.29) is 18.2 Å². The van der Waals surface area contributed by atoms with Crippen LogP contribution in [0.1, 0.15) is 39.1 Å². The van der Waals surface area contributed by atoms with Crippen LogP contribution in [0, 0.1) is 0 Å². The molecule has 0 spiro atoms. The first-order valence-corrected chi connectivity index (χ1v) is 10.2. The third-order valence-electron chi connectivity index (χ3n) is 5.08. The summed E-state index contributed by atoms with van der Waals surface area (Å²) in [7, 11) is 0. The predicted molar refractivity (Wildman–Crippen MR) is 114 cm³/mol. The Hall–Kier alpha value is -4.21. The van der Waals surface area contributed by atoms with Gasteiger partial charge in [-0.2, -0.15) is 0 Å².